The summed E-state index contributed by atoms with van der Waals surface area (Å²) in [5.74, 6) is 3.42. The molecule has 126 valence electrons. The van der Waals surface area contributed by atoms with E-state index >= 15 is 0 Å². The number of hydrogen-bond donors (Lipinski definition) is 0. The number of hydrogen-bond acceptors (Lipinski definition) is 0. The van der Waals surface area contributed by atoms with E-state index in [1.807, 2.05) is 0 Å². The third kappa shape index (κ3) is 6.55. The van der Waals surface area contributed by atoms with Gasteiger partial charge in [-0.15, -0.1) is 0 Å². The molecule has 22 heavy (non-hydrogen) atoms. The Morgan fingerprint density at radius 1 is 0.636 bits per heavy atom. The van der Waals surface area contributed by atoms with Crippen molar-refractivity contribution < 1.29 is 0 Å². The molecule has 0 radical (unpaired) electrons. The van der Waals surface area contributed by atoms with Gasteiger partial charge in [0.25, 0.3) is 0 Å². The minimum Gasteiger partial charge on any atom is -0.0651 e. The molecule has 0 spiro atoms. The molecule has 0 amide bonds. The summed E-state index contributed by atoms with van der Waals surface area (Å²) in [5, 5.41) is 0. The largest absolute Gasteiger partial charge is 0.0651 e. The zero-order chi connectivity index (χ0) is 16.4. The van der Waals surface area contributed by atoms with Crippen molar-refractivity contribution in [2.45, 2.75) is 85.5 Å². The highest BCUT2D eigenvalue weighted by atomic mass is 14.3. The summed E-state index contributed by atoms with van der Waals surface area (Å²) < 4.78 is 0. The van der Waals surface area contributed by atoms with E-state index in [-0.39, 0.29) is 0 Å². The zero-order valence-electron chi connectivity index (χ0n) is 15.6. The van der Waals surface area contributed by atoms with E-state index in [1.165, 1.54) is 50.5 Å². The summed E-state index contributed by atoms with van der Waals surface area (Å²) in [6.45, 7) is 11.9. The molecule has 1 aromatic rings. The zero-order valence-corrected chi connectivity index (χ0v) is 15.6. The fraction of sp³-hybridized carbons (Fsp3) is 0.727. The third-order valence-electron chi connectivity index (χ3n) is 5.70. The quantitative estimate of drug-likeness (QED) is 0.398. The molecule has 0 saturated heterocycles. The molecular weight excluding hydrogens is 264 g/mol. The number of benzene rings is 1. The summed E-state index contributed by atoms with van der Waals surface area (Å²) in [6.07, 6.45) is 9.59. The first-order valence-electron chi connectivity index (χ1n) is 9.69. The molecule has 0 aliphatic rings. The van der Waals surface area contributed by atoms with Gasteiger partial charge in [0.1, 0.15) is 0 Å². The first-order chi connectivity index (χ1) is 10.6. The average Bonchev–Trinajstić information content (AvgIpc) is 2.57. The van der Waals surface area contributed by atoms with Crippen LogP contribution in [-0.4, -0.2) is 0 Å². The second kappa shape index (κ2) is 10.9. The van der Waals surface area contributed by atoms with Crippen LogP contribution >= 0.6 is 0 Å². The van der Waals surface area contributed by atoms with Crippen LogP contribution in [0.4, 0.5) is 0 Å². The maximum atomic E-state index is 2.42. The summed E-state index contributed by atoms with van der Waals surface area (Å²) >= 11 is 0. The van der Waals surface area contributed by atoms with Gasteiger partial charge in [-0.25, -0.2) is 0 Å². The van der Waals surface area contributed by atoms with Gasteiger partial charge in [-0.2, -0.15) is 0 Å². The molecular formula is C22H38. The average molecular weight is 303 g/mol. The molecule has 1 rings (SSSR count). The molecule has 0 heteroatoms. The minimum absolute atomic E-state index is 0.690. The van der Waals surface area contributed by atoms with Crippen LogP contribution in [0.3, 0.4) is 0 Å². The molecule has 1 unspecified atom stereocenters. The first kappa shape index (κ1) is 19.3. The predicted molar refractivity (Wildman–Crippen MR) is 100 cm³/mol. The summed E-state index contributed by atoms with van der Waals surface area (Å²) in [4.78, 5) is 0. The lowest BCUT2D eigenvalue weighted by molar-refractivity contribution is 0.262. The lowest BCUT2D eigenvalue weighted by Gasteiger charge is -2.28. The monoisotopic (exact) mass is 302 g/mol. The molecule has 0 aromatic heterocycles. The SMILES string of the molecule is CCC(CC)CC(CC(CC)CC)CC(C)c1ccccc1. The van der Waals surface area contributed by atoms with Crippen LogP contribution in [0.2, 0.25) is 0 Å². The Labute approximate surface area is 139 Å². The van der Waals surface area contributed by atoms with E-state index in [1.54, 1.807) is 0 Å². The van der Waals surface area contributed by atoms with Crippen LogP contribution in [0, 0.1) is 17.8 Å². The van der Waals surface area contributed by atoms with Gasteiger partial charge in [0.2, 0.25) is 0 Å². The molecule has 0 bridgehead atoms. The fourth-order valence-electron chi connectivity index (χ4n) is 3.89. The van der Waals surface area contributed by atoms with E-state index in [0.29, 0.717) is 5.92 Å². The normalized spacial score (nSPS) is 13.3. The molecule has 0 aliphatic heterocycles. The summed E-state index contributed by atoms with van der Waals surface area (Å²) in [6, 6.07) is 11.1. The van der Waals surface area contributed by atoms with Gasteiger partial charge in [-0.3, -0.25) is 0 Å². The van der Waals surface area contributed by atoms with Gasteiger partial charge < -0.3 is 0 Å². The molecule has 0 N–H and O–H groups in total. The Bertz CT molecular complexity index is 345. The molecule has 1 atom stereocenters. The Kier molecular flexibility index (Phi) is 9.52. The second-order valence-corrected chi connectivity index (χ2v) is 7.25. The summed E-state index contributed by atoms with van der Waals surface area (Å²) in [5.41, 5.74) is 1.52. The van der Waals surface area contributed by atoms with Gasteiger partial charge in [0.15, 0.2) is 0 Å². The second-order valence-electron chi connectivity index (χ2n) is 7.25. The highest BCUT2D eigenvalue weighted by Gasteiger charge is 2.20. The van der Waals surface area contributed by atoms with Crippen molar-refractivity contribution in [2.24, 2.45) is 17.8 Å². The topological polar surface area (TPSA) is 0 Å². The van der Waals surface area contributed by atoms with Crippen LogP contribution in [-0.2, 0) is 0 Å². The molecule has 0 aliphatic carbocycles. The minimum atomic E-state index is 0.690. The van der Waals surface area contributed by atoms with E-state index < -0.39 is 0 Å². The molecule has 0 fully saturated rings. The van der Waals surface area contributed by atoms with Crippen molar-refractivity contribution in [1.29, 1.82) is 0 Å². The van der Waals surface area contributed by atoms with Crippen molar-refractivity contribution in [3.05, 3.63) is 35.9 Å². The van der Waals surface area contributed by atoms with Crippen molar-refractivity contribution in [3.8, 4) is 0 Å². The van der Waals surface area contributed by atoms with Gasteiger partial charge in [0.05, 0.1) is 0 Å². The summed E-state index contributed by atoms with van der Waals surface area (Å²) in [7, 11) is 0. The lowest BCUT2D eigenvalue weighted by Crippen LogP contribution is -2.15. The smallest absolute Gasteiger partial charge is 0.0188 e. The molecule has 1 aromatic carbocycles. The van der Waals surface area contributed by atoms with E-state index in [9.17, 15) is 0 Å². The van der Waals surface area contributed by atoms with Gasteiger partial charge in [-0.1, -0.05) is 90.6 Å². The highest BCUT2D eigenvalue weighted by Crippen LogP contribution is 2.34. The predicted octanol–water partition coefficient (Wildman–Crippen LogP) is 7.45. The third-order valence-corrected chi connectivity index (χ3v) is 5.70. The Morgan fingerprint density at radius 2 is 1.09 bits per heavy atom. The first-order valence-corrected chi connectivity index (χ1v) is 9.69. The Morgan fingerprint density at radius 3 is 1.50 bits per heavy atom. The highest BCUT2D eigenvalue weighted by molar-refractivity contribution is 5.18. The maximum absolute atomic E-state index is 2.42. The lowest BCUT2D eigenvalue weighted by atomic mass is 9.78. The van der Waals surface area contributed by atoms with Crippen LogP contribution in [0.1, 0.15) is 91.0 Å². The standard InChI is InChI=1S/C22H38/c1-6-19(7-2)16-21(17-20(8-3)9-4)15-18(5)22-13-11-10-12-14-22/h10-14,18-21H,6-9,15-17H2,1-5H3. The van der Waals surface area contributed by atoms with E-state index in [2.05, 4.69) is 65.0 Å². The maximum Gasteiger partial charge on any atom is -0.0188 e. The van der Waals surface area contributed by atoms with Gasteiger partial charge >= 0.3 is 0 Å². The van der Waals surface area contributed by atoms with Crippen LogP contribution in [0.5, 0.6) is 0 Å². The Hall–Kier alpha value is -0.780. The van der Waals surface area contributed by atoms with Crippen molar-refractivity contribution in [1.82, 2.24) is 0 Å². The van der Waals surface area contributed by atoms with Gasteiger partial charge in [0, 0.05) is 0 Å². The van der Waals surface area contributed by atoms with Crippen molar-refractivity contribution in [3.63, 3.8) is 0 Å². The Balaban J connectivity index is 2.71. The molecule has 0 saturated carbocycles. The molecule has 0 heterocycles. The van der Waals surface area contributed by atoms with Crippen LogP contribution in [0.25, 0.3) is 0 Å². The van der Waals surface area contributed by atoms with Crippen molar-refractivity contribution >= 4 is 0 Å². The van der Waals surface area contributed by atoms with Crippen LogP contribution < -0.4 is 0 Å². The number of rotatable bonds is 11. The van der Waals surface area contributed by atoms with Crippen LogP contribution in [0.15, 0.2) is 30.3 Å². The molecule has 0 nitrogen and oxygen atoms in total. The van der Waals surface area contributed by atoms with Crippen molar-refractivity contribution in [2.75, 3.05) is 0 Å². The van der Waals surface area contributed by atoms with Gasteiger partial charge in [-0.05, 0) is 48.5 Å². The van der Waals surface area contributed by atoms with E-state index in [0.717, 1.165) is 17.8 Å². The van der Waals surface area contributed by atoms with E-state index in [4.69, 9.17) is 0 Å². The fourth-order valence-corrected chi connectivity index (χ4v) is 3.89.